The molecule has 1 aliphatic heterocycles. The number of aromatic nitrogens is 2. The summed E-state index contributed by atoms with van der Waals surface area (Å²) in [6.07, 6.45) is 5.30. The smallest absolute Gasteiger partial charge is 0.257 e. The average Bonchev–Trinajstić information content (AvgIpc) is 3.01. The molecule has 1 unspecified atom stereocenters. The zero-order valence-corrected chi connectivity index (χ0v) is 15.6. The lowest BCUT2D eigenvalue weighted by molar-refractivity contribution is -0.123. The summed E-state index contributed by atoms with van der Waals surface area (Å²) in [5, 5.41) is 17.8. The fraction of sp³-hybridized carbons (Fsp3) is 0.526. The summed E-state index contributed by atoms with van der Waals surface area (Å²) in [7, 11) is 1.54. The first-order chi connectivity index (χ1) is 13.0. The lowest BCUT2D eigenvalue weighted by Gasteiger charge is -2.27. The van der Waals surface area contributed by atoms with Gasteiger partial charge < -0.3 is 20.1 Å². The van der Waals surface area contributed by atoms with E-state index >= 15 is 0 Å². The second kappa shape index (κ2) is 8.49. The Bertz CT molecular complexity index is 806. The number of likely N-dealkylation sites (tertiary alicyclic amines) is 1. The molecule has 2 aromatic rings. The molecule has 0 bridgehead atoms. The molecule has 2 N–H and O–H groups in total. The van der Waals surface area contributed by atoms with Crippen molar-refractivity contribution in [2.45, 2.75) is 31.3 Å². The Balaban J connectivity index is 1.60. The standard InChI is InChI=1S/C19H26N4O4/c1-27-12-6-17(24)20-14-19(26)7-4-9-22(11-8-19)18(25)15-13-21-23-10-3-2-5-16(15)23/h2-3,5,10,13,26H,4,6-9,11-12,14H2,1H3,(H,20,24). The third-order valence-electron chi connectivity index (χ3n) is 5.01. The molecule has 27 heavy (non-hydrogen) atoms. The van der Waals surface area contributed by atoms with Crippen molar-refractivity contribution in [3.8, 4) is 0 Å². The van der Waals surface area contributed by atoms with Crippen molar-refractivity contribution in [1.82, 2.24) is 19.8 Å². The summed E-state index contributed by atoms with van der Waals surface area (Å²) in [5.74, 6) is -0.224. The van der Waals surface area contributed by atoms with E-state index in [0.29, 0.717) is 44.5 Å². The fourth-order valence-corrected chi connectivity index (χ4v) is 3.37. The number of ether oxygens (including phenoxy) is 1. The largest absolute Gasteiger partial charge is 0.388 e. The van der Waals surface area contributed by atoms with E-state index in [1.54, 1.807) is 28.9 Å². The minimum Gasteiger partial charge on any atom is -0.388 e. The van der Waals surface area contributed by atoms with Gasteiger partial charge in [-0.15, -0.1) is 0 Å². The molecule has 2 amide bonds. The van der Waals surface area contributed by atoms with Gasteiger partial charge in [-0.2, -0.15) is 5.10 Å². The van der Waals surface area contributed by atoms with Crippen molar-refractivity contribution >= 4 is 17.3 Å². The SMILES string of the molecule is COCCC(=O)NCC1(O)CCCN(C(=O)c2cnn3ccccc23)CC1. The van der Waals surface area contributed by atoms with E-state index in [9.17, 15) is 14.7 Å². The molecule has 8 heteroatoms. The van der Waals surface area contributed by atoms with Crippen LogP contribution in [0.25, 0.3) is 5.52 Å². The van der Waals surface area contributed by atoms with Gasteiger partial charge in [-0.25, -0.2) is 4.52 Å². The highest BCUT2D eigenvalue weighted by atomic mass is 16.5. The Labute approximate surface area is 158 Å². The van der Waals surface area contributed by atoms with E-state index in [4.69, 9.17) is 4.74 Å². The molecule has 0 radical (unpaired) electrons. The molecule has 1 fully saturated rings. The number of hydrogen-bond acceptors (Lipinski definition) is 5. The van der Waals surface area contributed by atoms with Crippen molar-refractivity contribution in [3.63, 3.8) is 0 Å². The molecule has 0 spiro atoms. The molecule has 0 aromatic carbocycles. The Kier molecular flexibility index (Phi) is 6.08. The summed E-state index contributed by atoms with van der Waals surface area (Å²) in [6.45, 7) is 1.55. The fourth-order valence-electron chi connectivity index (χ4n) is 3.37. The van der Waals surface area contributed by atoms with Crippen molar-refractivity contribution in [2.24, 2.45) is 0 Å². The van der Waals surface area contributed by atoms with Gasteiger partial charge >= 0.3 is 0 Å². The van der Waals surface area contributed by atoms with Crippen molar-refractivity contribution < 1.29 is 19.4 Å². The molecule has 1 saturated heterocycles. The minimum atomic E-state index is -1.00. The van der Waals surface area contributed by atoms with Gasteiger partial charge in [-0.1, -0.05) is 6.07 Å². The molecular formula is C19H26N4O4. The maximum Gasteiger partial charge on any atom is 0.257 e. The van der Waals surface area contributed by atoms with E-state index in [1.165, 1.54) is 0 Å². The van der Waals surface area contributed by atoms with Crippen LogP contribution in [-0.4, -0.2) is 70.4 Å². The van der Waals surface area contributed by atoms with Gasteiger partial charge in [0.25, 0.3) is 5.91 Å². The molecule has 0 aliphatic carbocycles. The van der Waals surface area contributed by atoms with Crippen LogP contribution < -0.4 is 5.32 Å². The number of nitrogens with zero attached hydrogens (tertiary/aromatic N) is 3. The lowest BCUT2D eigenvalue weighted by atomic mass is 9.95. The molecule has 3 rings (SSSR count). The number of nitrogens with one attached hydrogen (secondary N) is 1. The Morgan fingerprint density at radius 1 is 1.33 bits per heavy atom. The van der Waals surface area contributed by atoms with E-state index < -0.39 is 5.60 Å². The van der Waals surface area contributed by atoms with Gasteiger partial charge in [0.05, 0.1) is 29.5 Å². The van der Waals surface area contributed by atoms with Gasteiger partial charge in [-0.05, 0) is 31.4 Å². The average molecular weight is 374 g/mol. The van der Waals surface area contributed by atoms with Gasteiger partial charge in [-0.3, -0.25) is 9.59 Å². The second-order valence-electron chi connectivity index (χ2n) is 6.98. The molecule has 8 nitrogen and oxygen atoms in total. The van der Waals surface area contributed by atoms with Crippen molar-refractivity contribution in [2.75, 3.05) is 33.4 Å². The molecule has 1 atom stereocenters. The maximum absolute atomic E-state index is 12.9. The second-order valence-corrected chi connectivity index (χ2v) is 6.98. The number of amides is 2. The zero-order chi connectivity index (χ0) is 19.3. The van der Waals surface area contributed by atoms with Crippen LogP contribution in [0.4, 0.5) is 0 Å². The molecule has 1 aliphatic rings. The number of methoxy groups -OCH3 is 1. The number of carbonyl (C=O) groups is 2. The van der Waals surface area contributed by atoms with Crippen LogP contribution in [0.15, 0.2) is 30.6 Å². The molecule has 146 valence electrons. The summed E-state index contributed by atoms with van der Waals surface area (Å²) in [4.78, 5) is 26.4. The van der Waals surface area contributed by atoms with Gasteiger partial charge in [0.1, 0.15) is 0 Å². The molecule has 3 heterocycles. The zero-order valence-electron chi connectivity index (χ0n) is 15.6. The Morgan fingerprint density at radius 3 is 3.00 bits per heavy atom. The Morgan fingerprint density at radius 2 is 2.19 bits per heavy atom. The normalized spacial score (nSPS) is 20.4. The van der Waals surface area contributed by atoms with Gasteiger partial charge in [0, 0.05) is 39.4 Å². The molecule has 2 aromatic heterocycles. The van der Waals surface area contributed by atoms with E-state index in [2.05, 4.69) is 10.4 Å². The highest BCUT2D eigenvalue weighted by Gasteiger charge is 2.32. The van der Waals surface area contributed by atoms with Crippen LogP contribution in [-0.2, 0) is 9.53 Å². The number of rotatable bonds is 6. The van der Waals surface area contributed by atoms with Crippen LogP contribution in [0.2, 0.25) is 0 Å². The van der Waals surface area contributed by atoms with E-state index in [1.807, 2.05) is 18.2 Å². The highest BCUT2D eigenvalue weighted by Crippen LogP contribution is 2.23. The van der Waals surface area contributed by atoms with Crippen LogP contribution in [0, 0.1) is 0 Å². The van der Waals surface area contributed by atoms with Crippen molar-refractivity contribution in [1.29, 1.82) is 0 Å². The molecular weight excluding hydrogens is 348 g/mol. The summed E-state index contributed by atoms with van der Waals surface area (Å²) in [5.41, 5.74) is 0.333. The topological polar surface area (TPSA) is 96.2 Å². The summed E-state index contributed by atoms with van der Waals surface area (Å²) in [6, 6.07) is 5.60. The summed E-state index contributed by atoms with van der Waals surface area (Å²) >= 11 is 0. The van der Waals surface area contributed by atoms with Gasteiger partial charge in [0.2, 0.25) is 5.91 Å². The number of carbonyl (C=O) groups excluding carboxylic acids is 2. The third-order valence-corrected chi connectivity index (χ3v) is 5.01. The van der Waals surface area contributed by atoms with E-state index in [0.717, 1.165) is 5.52 Å². The predicted molar refractivity (Wildman–Crippen MR) is 99.4 cm³/mol. The quantitative estimate of drug-likeness (QED) is 0.781. The number of fused-ring (bicyclic) bond motifs is 1. The minimum absolute atomic E-state index is 0.0791. The third kappa shape index (κ3) is 4.64. The number of aliphatic hydroxyl groups is 1. The number of pyridine rings is 1. The highest BCUT2D eigenvalue weighted by molar-refractivity contribution is 6.00. The van der Waals surface area contributed by atoms with E-state index in [-0.39, 0.29) is 24.8 Å². The Hall–Kier alpha value is -2.45. The van der Waals surface area contributed by atoms with Gasteiger partial charge in [0.15, 0.2) is 0 Å². The number of hydrogen-bond donors (Lipinski definition) is 2. The lowest BCUT2D eigenvalue weighted by Crippen LogP contribution is -2.44. The monoisotopic (exact) mass is 374 g/mol. The van der Waals surface area contributed by atoms with Crippen LogP contribution in [0.5, 0.6) is 0 Å². The molecule has 0 saturated carbocycles. The first kappa shape index (κ1) is 19.3. The van der Waals surface area contributed by atoms with Crippen LogP contribution in [0.1, 0.15) is 36.0 Å². The van der Waals surface area contributed by atoms with Crippen molar-refractivity contribution in [3.05, 3.63) is 36.2 Å². The summed E-state index contributed by atoms with van der Waals surface area (Å²) < 4.78 is 6.56. The first-order valence-electron chi connectivity index (χ1n) is 9.22. The predicted octanol–water partition coefficient (Wildman–Crippen LogP) is 0.844. The van der Waals surface area contributed by atoms with Crippen LogP contribution in [0.3, 0.4) is 0 Å². The first-order valence-corrected chi connectivity index (χ1v) is 9.22. The maximum atomic E-state index is 12.9. The van der Waals surface area contributed by atoms with Crippen LogP contribution >= 0.6 is 0 Å².